The molecule has 0 aliphatic rings. The van der Waals surface area contributed by atoms with Gasteiger partial charge in [0.1, 0.15) is 0 Å². The van der Waals surface area contributed by atoms with E-state index in [-0.39, 0.29) is 0 Å². The Bertz CT molecular complexity index is 1200. The average molecular weight is 433 g/mol. The molecule has 3 heterocycles. The zero-order chi connectivity index (χ0) is 20.2. The van der Waals surface area contributed by atoms with Crippen LogP contribution in [0.15, 0.2) is 40.9 Å². The van der Waals surface area contributed by atoms with Gasteiger partial charge in [-0.2, -0.15) is 0 Å². The van der Waals surface area contributed by atoms with Crippen LogP contribution in [0.25, 0.3) is 33.3 Å². The molecule has 0 atom stereocenters. The molecule has 3 aromatic heterocycles. The summed E-state index contributed by atoms with van der Waals surface area (Å²) in [4.78, 5) is 9.44. The first-order valence-electron chi connectivity index (χ1n) is 9.96. The maximum atomic E-state index is 6.01. The van der Waals surface area contributed by atoms with Crippen LogP contribution in [-0.4, -0.2) is 23.2 Å². The van der Waals surface area contributed by atoms with Crippen molar-refractivity contribution in [3.63, 3.8) is 0 Å². The van der Waals surface area contributed by atoms with Crippen LogP contribution in [0.5, 0.6) is 0 Å². The Morgan fingerprint density at radius 2 is 1.75 bits per heavy atom. The van der Waals surface area contributed by atoms with Gasteiger partial charge in [-0.25, -0.2) is 0 Å². The van der Waals surface area contributed by atoms with E-state index in [1.165, 1.54) is 15.5 Å². The molecule has 0 saturated carbocycles. The Hall–Kier alpha value is -2.14. The van der Waals surface area contributed by atoms with Gasteiger partial charge in [0.2, 0.25) is 0 Å². The van der Waals surface area contributed by atoms with Crippen molar-refractivity contribution in [2.75, 3.05) is 0 Å². The molecule has 0 radical (unpaired) electrons. The molecule has 0 N–H and O–H groups in total. The van der Waals surface area contributed by atoms with Gasteiger partial charge in [0.15, 0.2) is 0 Å². The predicted octanol–water partition coefficient (Wildman–Crippen LogP) is 6.33. The standard InChI is InChI=1S/C24H28GeN2O/c1-14(2)18-12-21(26-13-20(18)25(5,6)7)17-8-9-22-19(11-17)23-15(3)10-16(4)27-24(23)28-22/h8-14H,1-7H3. The monoisotopic (exact) mass is 434 g/mol. The Morgan fingerprint density at radius 3 is 2.43 bits per heavy atom. The van der Waals surface area contributed by atoms with E-state index in [1.54, 1.807) is 0 Å². The number of rotatable bonds is 3. The van der Waals surface area contributed by atoms with Crippen molar-refractivity contribution in [2.24, 2.45) is 0 Å². The fraction of sp³-hybridized carbons (Fsp3) is 0.333. The van der Waals surface area contributed by atoms with Crippen molar-refractivity contribution in [3.05, 3.63) is 53.3 Å². The van der Waals surface area contributed by atoms with Gasteiger partial charge in [-0.15, -0.1) is 0 Å². The molecule has 4 heteroatoms. The molecule has 4 aromatic rings. The SMILES string of the molecule is Cc1cc(C)c2c(n1)oc1ccc(-c3cc(C(C)C)[c]([Ge]([CH3])([CH3])[CH3])cn3)cc12. The van der Waals surface area contributed by atoms with Gasteiger partial charge in [-0.1, -0.05) is 0 Å². The molecule has 144 valence electrons. The van der Waals surface area contributed by atoms with Crippen molar-refractivity contribution in [1.29, 1.82) is 0 Å². The summed E-state index contributed by atoms with van der Waals surface area (Å²) < 4.78 is 7.51. The number of aromatic nitrogens is 2. The Kier molecular flexibility index (Phi) is 4.61. The third-order valence-corrected chi connectivity index (χ3v) is 9.70. The van der Waals surface area contributed by atoms with Crippen molar-refractivity contribution in [3.8, 4) is 11.3 Å². The van der Waals surface area contributed by atoms with Gasteiger partial charge in [-0.05, 0) is 0 Å². The van der Waals surface area contributed by atoms with E-state index in [2.05, 4.69) is 73.5 Å². The van der Waals surface area contributed by atoms with Crippen LogP contribution in [0, 0.1) is 13.8 Å². The second kappa shape index (κ2) is 6.73. The summed E-state index contributed by atoms with van der Waals surface area (Å²) in [5.41, 5.74) is 7.39. The zero-order valence-electron chi connectivity index (χ0n) is 17.8. The molecule has 0 spiro atoms. The summed E-state index contributed by atoms with van der Waals surface area (Å²) in [5.74, 6) is 7.80. The Morgan fingerprint density at radius 1 is 1.00 bits per heavy atom. The van der Waals surface area contributed by atoms with E-state index in [0.29, 0.717) is 5.92 Å². The fourth-order valence-corrected chi connectivity index (χ4v) is 7.54. The van der Waals surface area contributed by atoms with Gasteiger partial charge in [0.25, 0.3) is 0 Å². The Labute approximate surface area is 169 Å². The van der Waals surface area contributed by atoms with Gasteiger partial charge >= 0.3 is 170 Å². The van der Waals surface area contributed by atoms with E-state index in [0.717, 1.165) is 39.0 Å². The van der Waals surface area contributed by atoms with Crippen molar-refractivity contribution >= 4 is 39.7 Å². The molecule has 4 rings (SSSR count). The van der Waals surface area contributed by atoms with Crippen LogP contribution in [-0.2, 0) is 0 Å². The van der Waals surface area contributed by atoms with Crippen LogP contribution in [0.1, 0.15) is 36.6 Å². The van der Waals surface area contributed by atoms with Crippen molar-refractivity contribution in [2.45, 2.75) is 50.9 Å². The average Bonchev–Trinajstić information content (AvgIpc) is 2.97. The number of nitrogens with zero attached hydrogens (tertiary/aromatic N) is 2. The summed E-state index contributed by atoms with van der Waals surface area (Å²) in [6.45, 7) is 8.68. The van der Waals surface area contributed by atoms with Gasteiger partial charge in [-0.3, -0.25) is 0 Å². The number of aryl methyl sites for hydroxylation is 2. The molecule has 3 nitrogen and oxygen atoms in total. The first-order valence-corrected chi connectivity index (χ1v) is 17.3. The number of benzene rings is 1. The zero-order valence-corrected chi connectivity index (χ0v) is 19.9. The molecule has 0 aliphatic heterocycles. The first kappa shape index (κ1) is 19.2. The predicted molar refractivity (Wildman–Crippen MR) is 121 cm³/mol. The van der Waals surface area contributed by atoms with Crippen LogP contribution in [0.4, 0.5) is 0 Å². The molecule has 1 aromatic carbocycles. The maximum absolute atomic E-state index is 6.01. The topological polar surface area (TPSA) is 38.9 Å². The molecule has 0 aliphatic carbocycles. The van der Waals surface area contributed by atoms with Crippen LogP contribution >= 0.6 is 0 Å². The summed E-state index contributed by atoms with van der Waals surface area (Å²) in [6.07, 6.45) is 2.14. The van der Waals surface area contributed by atoms with E-state index in [9.17, 15) is 0 Å². The minimum absolute atomic E-state index is 0.495. The van der Waals surface area contributed by atoms with Crippen LogP contribution in [0.2, 0.25) is 17.3 Å². The van der Waals surface area contributed by atoms with E-state index in [4.69, 9.17) is 9.40 Å². The molecule has 0 amide bonds. The summed E-state index contributed by atoms with van der Waals surface area (Å²) in [5, 5.41) is 2.22. The Balaban J connectivity index is 1.92. The van der Waals surface area contributed by atoms with Gasteiger partial charge in [0, 0.05) is 0 Å². The van der Waals surface area contributed by atoms with Gasteiger partial charge in [0.05, 0.1) is 0 Å². The van der Waals surface area contributed by atoms with E-state index in [1.807, 2.05) is 13.0 Å². The van der Waals surface area contributed by atoms with Crippen LogP contribution in [0.3, 0.4) is 0 Å². The summed E-state index contributed by atoms with van der Waals surface area (Å²) in [7, 11) is 0. The molecule has 0 fully saturated rings. The summed E-state index contributed by atoms with van der Waals surface area (Å²) in [6, 6.07) is 10.8. The number of pyridine rings is 2. The fourth-order valence-electron chi connectivity index (χ4n) is 4.01. The molecular weight excluding hydrogens is 405 g/mol. The normalized spacial score (nSPS) is 12.4. The van der Waals surface area contributed by atoms with Crippen molar-refractivity contribution in [1.82, 2.24) is 9.97 Å². The van der Waals surface area contributed by atoms with E-state index >= 15 is 0 Å². The molecule has 0 bridgehead atoms. The summed E-state index contributed by atoms with van der Waals surface area (Å²) >= 11 is -1.96. The second-order valence-corrected chi connectivity index (χ2v) is 19.7. The molecule has 0 saturated heterocycles. The minimum atomic E-state index is -1.96. The number of hydrogen-bond acceptors (Lipinski definition) is 3. The number of fused-ring (bicyclic) bond motifs is 3. The second-order valence-electron chi connectivity index (χ2n) is 9.14. The third kappa shape index (κ3) is 3.26. The molecule has 0 unspecified atom stereocenters. The number of furan rings is 1. The first-order chi connectivity index (χ1) is 13.1. The van der Waals surface area contributed by atoms with Crippen LogP contribution < -0.4 is 4.40 Å². The quantitative estimate of drug-likeness (QED) is 0.355. The molecular formula is C24H28GeN2O. The van der Waals surface area contributed by atoms with Gasteiger partial charge < -0.3 is 0 Å². The van der Waals surface area contributed by atoms with Crippen molar-refractivity contribution < 1.29 is 4.42 Å². The molecule has 28 heavy (non-hydrogen) atoms. The third-order valence-electron chi connectivity index (χ3n) is 5.43. The number of hydrogen-bond donors (Lipinski definition) is 0. The van der Waals surface area contributed by atoms with E-state index < -0.39 is 13.3 Å².